The van der Waals surface area contributed by atoms with E-state index in [-0.39, 0.29) is 25.4 Å². The number of amides is 4. The van der Waals surface area contributed by atoms with Gasteiger partial charge in [0.25, 0.3) is 0 Å². The molecule has 0 aromatic heterocycles. The number of alkyl carbamates (subject to hydrolysis) is 1. The molecule has 0 fully saturated rings. The van der Waals surface area contributed by atoms with Gasteiger partial charge in [-0.25, -0.2) is 9.59 Å². The average molecular weight is 639 g/mol. The van der Waals surface area contributed by atoms with Gasteiger partial charge >= 0.3 is 12.1 Å². The van der Waals surface area contributed by atoms with E-state index >= 15 is 0 Å². The predicted octanol–water partition coefficient (Wildman–Crippen LogP) is 3.84. The summed E-state index contributed by atoms with van der Waals surface area (Å²) < 4.78 is 10.6. The second-order valence-electron chi connectivity index (χ2n) is 12.6. The monoisotopic (exact) mass is 638 g/mol. The largest absolute Gasteiger partial charge is 0.464 e. The van der Waals surface area contributed by atoms with Crippen LogP contribution in [-0.2, 0) is 41.5 Å². The predicted molar refractivity (Wildman–Crippen MR) is 176 cm³/mol. The van der Waals surface area contributed by atoms with E-state index in [1.54, 1.807) is 20.8 Å². The summed E-state index contributed by atoms with van der Waals surface area (Å²) in [5.74, 6) is -2.20. The first kappa shape index (κ1) is 37.8. The molecular formula is C35H50N4O7. The minimum absolute atomic E-state index is 0.0888. The van der Waals surface area contributed by atoms with Gasteiger partial charge in [-0.3, -0.25) is 14.4 Å². The van der Waals surface area contributed by atoms with Crippen molar-refractivity contribution in [2.45, 2.75) is 97.4 Å². The summed E-state index contributed by atoms with van der Waals surface area (Å²) in [5.41, 5.74) is 0.823. The fraction of sp³-hybridized carbons (Fsp3) is 0.514. The Balaban J connectivity index is 2.27. The third-order valence-electron chi connectivity index (χ3n) is 6.69. The van der Waals surface area contributed by atoms with E-state index in [0.717, 1.165) is 17.5 Å². The molecule has 0 unspecified atom stereocenters. The highest BCUT2D eigenvalue weighted by atomic mass is 16.6. The first-order valence-corrected chi connectivity index (χ1v) is 15.9. The molecule has 0 spiro atoms. The summed E-state index contributed by atoms with van der Waals surface area (Å²) in [6, 6.07) is 15.2. The lowest BCUT2D eigenvalue weighted by Crippen LogP contribution is -2.57. The molecule has 0 heterocycles. The third kappa shape index (κ3) is 15.0. The molecule has 0 aliphatic carbocycles. The summed E-state index contributed by atoms with van der Waals surface area (Å²) in [6.07, 6.45) is 1.43. The second-order valence-corrected chi connectivity index (χ2v) is 12.6. The van der Waals surface area contributed by atoms with Gasteiger partial charge < -0.3 is 30.7 Å². The molecule has 2 rings (SSSR count). The maximum atomic E-state index is 13.8. The Labute approximate surface area is 272 Å². The fourth-order valence-corrected chi connectivity index (χ4v) is 4.48. The van der Waals surface area contributed by atoms with Crippen LogP contribution in [0.25, 0.3) is 0 Å². The van der Waals surface area contributed by atoms with E-state index in [4.69, 9.17) is 9.47 Å². The van der Waals surface area contributed by atoms with Crippen molar-refractivity contribution in [2.24, 2.45) is 5.92 Å². The lowest BCUT2D eigenvalue weighted by molar-refractivity contribution is -0.148. The molecule has 46 heavy (non-hydrogen) atoms. The number of hydrogen-bond acceptors (Lipinski definition) is 7. The molecule has 4 amide bonds. The van der Waals surface area contributed by atoms with Gasteiger partial charge in [0.05, 0.1) is 6.61 Å². The lowest BCUT2D eigenvalue weighted by atomic mass is 10.0. The molecule has 0 aliphatic heterocycles. The first-order valence-electron chi connectivity index (χ1n) is 15.9. The number of nitrogens with one attached hydrogen (secondary N) is 4. The van der Waals surface area contributed by atoms with Gasteiger partial charge in [-0.2, -0.15) is 0 Å². The maximum Gasteiger partial charge on any atom is 0.408 e. The molecule has 0 bridgehead atoms. The van der Waals surface area contributed by atoms with Crippen molar-refractivity contribution >= 4 is 29.8 Å². The van der Waals surface area contributed by atoms with Crippen LogP contribution >= 0.6 is 0 Å². The quantitative estimate of drug-likeness (QED) is 0.152. The number of hydrogen-bond donors (Lipinski definition) is 4. The van der Waals surface area contributed by atoms with E-state index in [0.29, 0.717) is 12.8 Å². The number of benzene rings is 2. The maximum absolute atomic E-state index is 13.8. The molecular weight excluding hydrogens is 588 g/mol. The standard InChI is InChI=1S/C35H50N4O7/c1-7-8-19-45-33(43)29(20-24(2)3)39-32(42)28(22-26-17-13-10-14-18-26)38-31(41)27(21-25-15-11-9-12-16-25)37-30(40)23-36-34(44)46-35(4,5)6/h9-18,24,27-29H,7-8,19-23H2,1-6H3,(H,36,44)(H,37,40)(H,38,41)(H,39,42)/t27-,28-,29-/m0/s1. The smallest absolute Gasteiger partial charge is 0.408 e. The van der Waals surface area contributed by atoms with Crippen LogP contribution in [0, 0.1) is 5.92 Å². The molecule has 11 heteroatoms. The van der Waals surface area contributed by atoms with Crippen LogP contribution < -0.4 is 21.3 Å². The van der Waals surface area contributed by atoms with Gasteiger partial charge in [-0.05, 0) is 50.7 Å². The van der Waals surface area contributed by atoms with E-state index in [1.165, 1.54) is 0 Å². The highest BCUT2D eigenvalue weighted by Crippen LogP contribution is 2.11. The van der Waals surface area contributed by atoms with Crippen molar-refractivity contribution in [1.82, 2.24) is 21.3 Å². The van der Waals surface area contributed by atoms with Crippen molar-refractivity contribution in [2.75, 3.05) is 13.2 Å². The number of esters is 1. The zero-order chi connectivity index (χ0) is 34.1. The van der Waals surface area contributed by atoms with Crippen molar-refractivity contribution in [3.05, 3.63) is 71.8 Å². The number of ether oxygens (including phenoxy) is 2. The number of unbranched alkanes of at least 4 members (excludes halogenated alkanes) is 1. The molecule has 0 saturated heterocycles. The highest BCUT2D eigenvalue weighted by molar-refractivity contribution is 5.94. The van der Waals surface area contributed by atoms with E-state index in [1.807, 2.05) is 81.4 Å². The second kappa shape index (κ2) is 19.2. The zero-order valence-electron chi connectivity index (χ0n) is 27.9. The van der Waals surface area contributed by atoms with Crippen molar-refractivity contribution in [3.63, 3.8) is 0 Å². The topological polar surface area (TPSA) is 152 Å². The lowest BCUT2D eigenvalue weighted by Gasteiger charge is -2.26. The molecule has 2 aromatic carbocycles. The summed E-state index contributed by atoms with van der Waals surface area (Å²) >= 11 is 0. The summed E-state index contributed by atoms with van der Waals surface area (Å²) in [5, 5.41) is 10.7. The van der Waals surface area contributed by atoms with Crippen LogP contribution in [0.2, 0.25) is 0 Å². The van der Waals surface area contributed by atoms with Gasteiger partial charge in [0.1, 0.15) is 30.3 Å². The summed E-state index contributed by atoms with van der Waals surface area (Å²) in [7, 11) is 0. The van der Waals surface area contributed by atoms with E-state index in [9.17, 15) is 24.0 Å². The SMILES string of the molecule is CCCCOC(=O)[C@H](CC(C)C)NC(=O)[C@H](Cc1ccccc1)NC(=O)[C@H](Cc1ccccc1)NC(=O)CNC(=O)OC(C)(C)C. The number of carbonyl (C=O) groups excluding carboxylic acids is 5. The van der Waals surface area contributed by atoms with Crippen molar-refractivity contribution in [1.29, 1.82) is 0 Å². The van der Waals surface area contributed by atoms with Gasteiger partial charge in [-0.15, -0.1) is 0 Å². The Kier molecular flexibility index (Phi) is 15.8. The summed E-state index contributed by atoms with van der Waals surface area (Å²) in [6.45, 7) is 10.8. The highest BCUT2D eigenvalue weighted by Gasteiger charge is 2.31. The van der Waals surface area contributed by atoms with Crippen LogP contribution in [0.5, 0.6) is 0 Å². The van der Waals surface area contributed by atoms with Gasteiger partial charge in [0.2, 0.25) is 17.7 Å². The van der Waals surface area contributed by atoms with Crippen LogP contribution in [0.4, 0.5) is 4.79 Å². The van der Waals surface area contributed by atoms with Gasteiger partial charge in [-0.1, -0.05) is 87.9 Å². The van der Waals surface area contributed by atoms with Crippen LogP contribution in [0.15, 0.2) is 60.7 Å². The molecule has 4 N–H and O–H groups in total. The van der Waals surface area contributed by atoms with E-state index in [2.05, 4.69) is 21.3 Å². The Morgan fingerprint density at radius 2 is 1.24 bits per heavy atom. The third-order valence-corrected chi connectivity index (χ3v) is 6.69. The molecule has 2 aromatic rings. The summed E-state index contributed by atoms with van der Waals surface area (Å²) in [4.78, 5) is 65.3. The molecule has 252 valence electrons. The minimum Gasteiger partial charge on any atom is -0.464 e. The van der Waals surface area contributed by atoms with E-state index < -0.39 is 60.1 Å². The van der Waals surface area contributed by atoms with Crippen LogP contribution in [-0.4, -0.2) is 66.7 Å². The Hall–Kier alpha value is -4.41. The first-order chi connectivity index (χ1) is 21.8. The normalized spacial score (nSPS) is 13.1. The van der Waals surface area contributed by atoms with Crippen LogP contribution in [0.1, 0.15) is 71.9 Å². The van der Waals surface area contributed by atoms with Gasteiger partial charge in [0.15, 0.2) is 0 Å². The van der Waals surface area contributed by atoms with Crippen molar-refractivity contribution < 1.29 is 33.4 Å². The number of rotatable bonds is 17. The molecule has 0 saturated carbocycles. The molecule has 3 atom stereocenters. The van der Waals surface area contributed by atoms with Crippen LogP contribution in [0.3, 0.4) is 0 Å². The molecule has 11 nitrogen and oxygen atoms in total. The van der Waals surface area contributed by atoms with Crippen molar-refractivity contribution in [3.8, 4) is 0 Å². The fourth-order valence-electron chi connectivity index (χ4n) is 4.48. The average Bonchev–Trinajstić information content (AvgIpc) is 2.99. The molecule has 0 radical (unpaired) electrons. The Bertz CT molecular complexity index is 1260. The van der Waals surface area contributed by atoms with Gasteiger partial charge in [0, 0.05) is 12.8 Å². The molecule has 0 aliphatic rings. The Morgan fingerprint density at radius 3 is 1.72 bits per heavy atom. The number of carbonyl (C=O) groups is 5. The zero-order valence-corrected chi connectivity index (χ0v) is 27.9. The Morgan fingerprint density at radius 1 is 0.739 bits per heavy atom. The minimum atomic E-state index is -1.08.